The summed E-state index contributed by atoms with van der Waals surface area (Å²) in [6, 6.07) is 0.599. The number of nitrogens with zero attached hydrogens (tertiary/aromatic N) is 3. The molecule has 0 aromatic carbocycles. The molecule has 2 N–H and O–H groups in total. The summed E-state index contributed by atoms with van der Waals surface area (Å²) in [6.07, 6.45) is 0. The summed E-state index contributed by atoms with van der Waals surface area (Å²) in [6.45, 7) is 7.56. The Hall–Kier alpha value is -0.810. The van der Waals surface area contributed by atoms with E-state index in [4.69, 9.17) is 5.73 Å². The zero-order valence-corrected chi connectivity index (χ0v) is 10.3. The van der Waals surface area contributed by atoms with Gasteiger partial charge in [0.25, 0.3) is 0 Å². The lowest BCUT2D eigenvalue weighted by Crippen LogP contribution is -2.50. The first-order chi connectivity index (χ1) is 7.09. The molecule has 84 valence electrons. The maximum absolute atomic E-state index is 5.77. The fraction of sp³-hybridized carbons (Fsp3) is 0.700. The molecule has 0 radical (unpaired) electrons. The van der Waals surface area contributed by atoms with Crippen molar-refractivity contribution in [1.29, 1.82) is 0 Å². The van der Waals surface area contributed by atoms with Crippen LogP contribution in [-0.2, 0) is 0 Å². The molecule has 0 bridgehead atoms. The van der Waals surface area contributed by atoms with Crippen LogP contribution in [0.3, 0.4) is 0 Å². The Balaban J connectivity index is 2.15. The van der Waals surface area contributed by atoms with Gasteiger partial charge in [-0.25, -0.2) is 0 Å². The van der Waals surface area contributed by atoms with Gasteiger partial charge < -0.3 is 15.5 Å². The summed E-state index contributed by atoms with van der Waals surface area (Å²) in [7, 11) is 2.18. The molecule has 1 aliphatic rings. The fourth-order valence-electron chi connectivity index (χ4n) is 1.87. The predicted octanol–water partition coefficient (Wildman–Crippen LogP) is 1.17. The number of hydrogen-bond donors (Lipinski definition) is 1. The highest BCUT2D eigenvalue weighted by atomic mass is 32.1. The average Bonchev–Trinajstić information content (AvgIpc) is 2.53. The third-order valence-corrected chi connectivity index (χ3v) is 4.21. The van der Waals surface area contributed by atoms with Crippen molar-refractivity contribution in [2.75, 3.05) is 37.3 Å². The van der Waals surface area contributed by atoms with Crippen LogP contribution in [-0.4, -0.2) is 42.0 Å². The van der Waals surface area contributed by atoms with Gasteiger partial charge in [0.1, 0.15) is 10.8 Å². The van der Waals surface area contributed by atoms with E-state index in [1.54, 1.807) is 0 Å². The molecule has 1 saturated heterocycles. The van der Waals surface area contributed by atoms with Crippen molar-refractivity contribution in [1.82, 2.24) is 9.27 Å². The van der Waals surface area contributed by atoms with E-state index in [2.05, 4.69) is 35.1 Å². The molecule has 1 aromatic heterocycles. The van der Waals surface area contributed by atoms with E-state index in [-0.39, 0.29) is 0 Å². The number of nitrogen functional groups attached to an aromatic ring is 1. The summed E-state index contributed by atoms with van der Waals surface area (Å²) < 4.78 is 4.20. The van der Waals surface area contributed by atoms with Crippen molar-refractivity contribution in [3.63, 3.8) is 0 Å². The molecular formula is C10H18N4S. The molecule has 1 fully saturated rings. The Morgan fingerprint density at radius 1 is 1.47 bits per heavy atom. The van der Waals surface area contributed by atoms with Crippen LogP contribution in [0.15, 0.2) is 0 Å². The second kappa shape index (κ2) is 3.98. The van der Waals surface area contributed by atoms with Crippen LogP contribution < -0.4 is 10.6 Å². The van der Waals surface area contributed by atoms with Gasteiger partial charge in [0.2, 0.25) is 0 Å². The molecule has 0 aliphatic carbocycles. The second-order valence-electron chi connectivity index (χ2n) is 4.27. The molecule has 2 heterocycles. The van der Waals surface area contributed by atoms with E-state index in [0.29, 0.717) is 11.9 Å². The average molecular weight is 226 g/mol. The summed E-state index contributed by atoms with van der Waals surface area (Å²) in [5.74, 6) is 0.682. The summed E-state index contributed by atoms with van der Waals surface area (Å²) >= 11 is 1.52. The third-order valence-electron chi connectivity index (χ3n) is 3.18. The van der Waals surface area contributed by atoms with Gasteiger partial charge in [-0.15, -0.1) is 0 Å². The molecule has 1 aromatic rings. The summed E-state index contributed by atoms with van der Waals surface area (Å²) in [5.41, 5.74) is 6.91. The first-order valence-electron chi connectivity index (χ1n) is 5.26. The van der Waals surface area contributed by atoms with E-state index in [0.717, 1.165) is 25.2 Å². The van der Waals surface area contributed by atoms with Gasteiger partial charge in [0.05, 0.1) is 0 Å². The van der Waals surface area contributed by atoms with Crippen LogP contribution >= 0.6 is 11.5 Å². The fourth-order valence-corrected chi connectivity index (χ4v) is 2.71. The van der Waals surface area contributed by atoms with Crippen LogP contribution in [0.4, 0.5) is 10.8 Å². The number of rotatable bonds is 1. The molecular weight excluding hydrogens is 208 g/mol. The van der Waals surface area contributed by atoms with Crippen LogP contribution in [0.2, 0.25) is 0 Å². The molecule has 5 heteroatoms. The van der Waals surface area contributed by atoms with Crippen molar-refractivity contribution in [3.05, 3.63) is 5.56 Å². The van der Waals surface area contributed by atoms with Gasteiger partial charge in [0, 0.05) is 31.2 Å². The molecule has 1 atom stereocenters. The number of piperazine rings is 1. The monoisotopic (exact) mass is 226 g/mol. The predicted molar refractivity (Wildman–Crippen MR) is 65.6 cm³/mol. The van der Waals surface area contributed by atoms with Crippen LogP contribution in [0, 0.1) is 6.92 Å². The Kier molecular flexibility index (Phi) is 2.84. The Morgan fingerprint density at radius 2 is 2.20 bits per heavy atom. The lowest BCUT2D eigenvalue weighted by Gasteiger charge is -2.38. The van der Waals surface area contributed by atoms with E-state index in [1.807, 2.05) is 0 Å². The van der Waals surface area contributed by atoms with Crippen molar-refractivity contribution in [2.24, 2.45) is 0 Å². The maximum Gasteiger partial charge on any atom is 0.142 e. The van der Waals surface area contributed by atoms with E-state index in [1.165, 1.54) is 16.5 Å². The van der Waals surface area contributed by atoms with Crippen molar-refractivity contribution < 1.29 is 0 Å². The van der Waals surface area contributed by atoms with Crippen LogP contribution in [0.5, 0.6) is 0 Å². The first-order valence-corrected chi connectivity index (χ1v) is 6.04. The minimum atomic E-state index is 0.599. The highest BCUT2D eigenvalue weighted by Gasteiger charge is 2.23. The molecule has 2 rings (SSSR count). The normalized spacial score (nSPS) is 23.4. The zero-order chi connectivity index (χ0) is 11.0. The van der Waals surface area contributed by atoms with E-state index >= 15 is 0 Å². The van der Waals surface area contributed by atoms with Crippen LogP contribution in [0.1, 0.15) is 12.5 Å². The SMILES string of the molecule is Cc1c(N)nsc1N1CCN(C)C(C)C1. The van der Waals surface area contributed by atoms with Crippen molar-refractivity contribution in [2.45, 2.75) is 19.9 Å². The Morgan fingerprint density at radius 3 is 2.73 bits per heavy atom. The van der Waals surface area contributed by atoms with Gasteiger partial charge in [-0.3, -0.25) is 0 Å². The zero-order valence-electron chi connectivity index (χ0n) is 9.53. The number of likely N-dealkylation sites (N-methyl/N-ethyl adjacent to an activating group) is 1. The van der Waals surface area contributed by atoms with Gasteiger partial charge in [-0.2, -0.15) is 4.37 Å². The Bertz CT molecular complexity index is 349. The molecule has 0 saturated carbocycles. The quantitative estimate of drug-likeness (QED) is 0.781. The molecule has 15 heavy (non-hydrogen) atoms. The standard InChI is InChI=1S/C10H18N4S/c1-7-6-14(5-4-13(7)3)10-8(2)9(11)12-15-10/h7H,4-6H2,1-3H3,(H2,11,12). The highest BCUT2D eigenvalue weighted by molar-refractivity contribution is 7.10. The lowest BCUT2D eigenvalue weighted by molar-refractivity contribution is 0.234. The van der Waals surface area contributed by atoms with Gasteiger partial charge in [-0.05, 0) is 32.4 Å². The van der Waals surface area contributed by atoms with Gasteiger partial charge >= 0.3 is 0 Å². The third kappa shape index (κ3) is 1.94. The molecule has 4 nitrogen and oxygen atoms in total. The topological polar surface area (TPSA) is 45.4 Å². The van der Waals surface area contributed by atoms with Crippen molar-refractivity contribution in [3.8, 4) is 0 Å². The maximum atomic E-state index is 5.77. The second-order valence-corrected chi connectivity index (χ2v) is 5.03. The largest absolute Gasteiger partial charge is 0.383 e. The highest BCUT2D eigenvalue weighted by Crippen LogP contribution is 2.30. The lowest BCUT2D eigenvalue weighted by atomic mass is 10.2. The van der Waals surface area contributed by atoms with Crippen molar-refractivity contribution >= 4 is 22.4 Å². The van der Waals surface area contributed by atoms with Gasteiger partial charge in [0.15, 0.2) is 0 Å². The molecule has 0 spiro atoms. The number of anilines is 2. The number of hydrogen-bond acceptors (Lipinski definition) is 5. The van der Waals surface area contributed by atoms with Crippen LogP contribution in [0.25, 0.3) is 0 Å². The molecule has 1 aliphatic heterocycles. The Labute approximate surface area is 94.8 Å². The minimum absolute atomic E-state index is 0.599. The number of nitrogens with two attached hydrogens (primary N) is 1. The molecule has 1 unspecified atom stereocenters. The number of aromatic nitrogens is 1. The smallest absolute Gasteiger partial charge is 0.142 e. The summed E-state index contributed by atoms with van der Waals surface area (Å²) in [5, 5.41) is 1.24. The van der Waals surface area contributed by atoms with Gasteiger partial charge in [-0.1, -0.05) is 0 Å². The summed E-state index contributed by atoms with van der Waals surface area (Å²) in [4.78, 5) is 4.78. The molecule has 0 amide bonds. The first kappa shape index (κ1) is 10.7. The van der Waals surface area contributed by atoms with E-state index in [9.17, 15) is 0 Å². The van der Waals surface area contributed by atoms with E-state index < -0.39 is 0 Å². The minimum Gasteiger partial charge on any atom is -0.383 e.